The second-order valence-corrected chi connectivity index (χ2v) is 14.5. The zero-order valence-electron chi connectivity index (χ0n) is 25.7. The predicted octanol–water partition coefficient (Wildman–Crippen LogP) is 7.71. The fourth-order valence-corrected chi connectivity index (χ4v) is 9.93. The van der Waals surface area contributed by atoms with Crippen LogP contribution in [0.5, 0.6) is 0 Å². The van der Waals surface area contributed by atoms with Gasteiger partial charge in [0.1, 0.15) is 0 Å². The fourth-order valence-electron chi connectivity index (χ4n) is 9.93. The van der Waals surface area contributed by atoms with E-state index in [0.717, 1.165) is 12.3 Å². The lowest BCUT2D eigenvalue weighted by Crippen LogP contribution is -2.61. The Morgan fingerprint density at radius 2 is 1.67 bits per heavy atom. The molecule has 0 radical (unpaired) electrons. The van der Waals surface area contributed by atoms with Gasteiger partial charge >= 0.3 is 6.09 Å². The number of rotatable bonds is 4. The van der Waals surface area contributed by atoms with Crippen LogP contribution in [0, 0.1) is 63.6 Å². The van der Waals surface area contributed by atoms with E-state index in [9.17, 15) is 9.90 Å². The number of carbonyl (C=O) groups is 1. The summed E-state index contributed by atoms with van der Waals surface area (Å²) in [6, 6.07) is -0.347. The molecule has 2 N–H and O–H groups in total. The Balaban J connectivity index is 2.13. The Bertz CT molecular complexity index is 863. The molecule has 3 rings (SSSR count). The van der Waals surface area contributed by atoms with Crippen molar-refractivity contribution in [3.63, 3.8) is 0 Å². The molecule has 3 aliphatic rings. The molecule has 0 aromatic rings. The first-order chi connectivity index (χ1) is 16.5. The van der Waals surface area contributed by atoms with Crippen LogP contribution < -0.4 is 5.32 Å². The molecule has 0 aromatic heterocycles. The van der Waals surface area contributed by atoms with Gasteiger partial charge in [-0.15, -0.1) is 0 Å². The maximum absolute atomic E-state index is 11.8. The lowest BCUT2D eigenvalue weighted by atomic mass is 9.37. The van der Waals surface area contributed by atoms with Gasteiger partial charge in [-0.1, -0.05) is 80.4 Å². The first-order valence-corrected chi connectivity index (χ1v) is 14.7. The minimum atomic E-state index is -0.611. The van der Waals surface area contributed by atoms with Crippen LogP contribution in [0.2, 0.25) is 0 Å². The zero-order chi connectivity index (χ0) is 27.5. The number of nitrogens with one attached hydrogen (secondary N) is 1. The molecular weight excluding hydrogens is 446 g/mol. The van der Waals surface area contributed by atoms with Crippen molar-refractivity contribution in [2.45, 2.75) is 114 Å². The third kappa shape index (κ3) is 4.26. The van der Waals surface area contributed by atoms with Gasteiger partial charge in [0, 0.05) is 0 Å². The number of allylic oxidation sites excluding steroid dienone is 2. The first-order valence-electron chi connectivity index (χ1n) is 14.7. The predicted molar refractivity (Wildman–Crippen MR) is 150 cm³/mol. The number of carbonyl (C=O) groups excluding carboxylic acids is 1. The summed E-state index contributed by atoms with van der Waals surface area (Å²) in [4.78, 5) is 11.8. The molecule has 0 aromatic carbocycles. The second kappa shape index (κ2) is 9.93. The smallest absolute Gasteiger partial charge is 0.407 e. The lowest BCUT2D eigenvalue weighted by molar-refractivity contribution is -0.159. The van der Waals surface area contributed by atoms with Crippen molar-refractivity contribution < 1.29 is 14.6 Å². The van der Waals surface area contributed by atoms with E-state index in [1.54, 1.807) is 5.57 Å². The summed E-state index contributed by atoms with van der Waals surface area (Å²) in [5, 5.41) is 14.0. The summed E-state index contributed by atoms with van der Waals surface area (Å²) >= 11 is 0. The molecule has 4 nitrogen and oxygen atoms in total. The third-order valence-electron chi connectivity index (χ3n) is 13.1. The molecule has 4 heteroatoms. The van der Waals surface area contributed by atoms with Crippen molar-refractivity contribution >= 4 is 6.09 Å². The molecule has 0 saturated heterocycles. The Hall–Kier alpha value is -1.03. The van der Waals surface area contributed by atoms with Crippen molar-refractivity contribution in [3.05, 3.63) is 11.1 Å². The molecule has 12 atom stereocenters. The number of hydrogen-bond acceptors (Lipinski definition) is 3. The fraction of sp³-hybridized carbons (Fsp3) is 0.906. The second-order valence-electron chi connectivity index (χ2n) is 14.5. The molecule has 2 saturated carbocycles. The third-order valence-corrected chi connectivity index (χ3v) is 13.1. The van der Waals surface area contributed by atoms with E-state index in [2.05, 4.69) is 81.5 Å². The average molecular weight is 504 g/mol. The van der Waals surface area contributed by atoms with Gasteiger partial charge in [0.05, 0.1) is 19.3 Å². The minimum Gasteiger partial charge on any atom is -0.453 e. The van der Waals surface area contributed by atoms with Crippen LogP contribution in [0.25, 0.3) is 0 Å². The van der Waals surface area contributed by atoms with Crippen LogP contribution in [-0.2, 0) is 4.74 Å². The van der Waals surface area contributed by atoms with E-state index in [1.807, 2.05) is 6.92 Å². The van der Waals surface area contributed by atoms with Crippen molar-refractivity contribution in [1.29, 1.82) is 0 Å². The van der Waals surface area contributed by atoms with Gasteiger partial charge in [0.2, 0.25) is 0 Å². The number of alkyl carbamates (subject to hydrolysis) is 1. The van der Waals surface area contributed by atoms with Crippen molar-refractivity contribution in [3.8, 4) is 0 Å². The normalized spacial score (nSPS) is 46.2. The molecule has 12 unspecified atom stereocenters. The standard InChI is InChI=1S/C32H57NO3/c1-17-14-18(2)32(12)22(6)20(4)27-21(5)25(15-26(34)24(8)33-29(35)36-13)16-31(11,30(27,9)10)23(7)28(32)19(17)3/h17-20,22-26,28,34H,14-16H2,1-13H3,(H,33,35). The Morgan fingerprint density at radius 1 is 1.08 bits per heavy atom. The van der Waals surface area contributed by atoms with Gasteiger partial charge in [-0.05, 0) is 96.7 Å². The SMILES string of the molecule is COC(=O)NC(C)C(O)CC1CC2(C)C(C)C3C(C)C(C)CC(C)C3(C)C(C)C(C)C(=C1C)C2(C)C. The summed E-state index contributed by atoms with van der Waals surface area (Å²) < 4.78 is 4.77. The Labute approximate surface area is 222 Å². The number of aliphatic hydroxyl groups is 1. The largest absolute Gasteiger partial charge is 0.453 e. The first kappa shape index (κ1) is 29.5. The lowest BCUT2D eigenvalue weighted by Gasteiger charge is -2.68. The number of aliphatic hydroxyl groups excluding tert-OH is 1. The van der Waals surface area contributed by atoms with Crippen LogP contribution in [0.3, 0.4) is 0 Å². The van der Waals surface area contributed by atoms with Gasteiger partial charge in [-0.25, -0.2) is 4.79 Å². The molecule has 1 amide bonds. The summed E-state index contributed by atoms with van der Waals surface area (Å²) in [5.74, 6) is 4.79. The van der Waals surface area contributed by atoms with Crippen molar-refractivity contribution in [2.24, 2.45) is 63.6 Å². The van der Waals surface area contributed by atoms with E-state index < -0.39 is 12.2 Å². The molecule has 36 heavy (non-hydrogen) atoms. The number of fused-ring (bicyclic) bond motifs is 3. The molecular formula is C32H57NO3. The number of hydrogen-bond donors (Lipinski definition) is 2. The van der Waals surface area contributed by atoms with E-state index >= 15 is 0 Å². The minimum absolute atomic E-state index is 0.0898. The van der Waals surface area contributed by atoms with Crippen molar-refractivity contribution in [2.75, 3.05) is 7.11 Å². The highest BCUT2D eigenvalue weighted by Gasteiger charge is 2.63. The quantitative estimate of drug-likeness (QED) is 0.386. The Kier molecular flexibility index (Phi) is 8.15. The monoisotopic (exact) mass is 503 g/mol. The summed E-state index contributed by atoms with van der Waals surface area (Å²) in [5.41, 5.74) is 3.64. The number of methoxy groups -OCH3 is 1. The summed E-state index contributed by atoms with van der Waals surface area (Å²) in [6.07, 6.45) is 1.99. The number of amides is 1. The molecule has 2 bridgehead atoms. The maximum Gasteiger partial charge on any atom is 0.407 e. The topological polar surface area (TPSA) is 58.6 Å². The highest BCUT2D eigenvalue weighted by Crippen LogP contribution is 2.70. The molecule has 2 fully saturated rings. The maximum atomic E-state index is 11.8. The van der Waals surface area contributed by atoms with Crippen molar-refractivity contribution in [1.82, 2.24) is 5.32 Å². The summed E-state index contributed by atoms with van der Waals surface area (Å²) in [6.45, 7) is 29.6. The Morgan fingerprint density at radius 3 is 2.22 bits per heavy atom. The molecule has 3 aliphatic carbocycles. The molecule has 0 heterocycles. The zero-order valence-corrected chi connectivity index (χ0v) is 25.7. The highest BCUT2D eigenvalue weighted by atomic mass is 16.5. The van der Waals surface area contributed by atoms with Gasteiger partial charge in [0.25, 0.3) is 0 Å². The highest BCUT2D eigenvalue weighted by molar-refractivity contribution is 5.67. The van der Waals surface area contributed by atoms with Crippen LogP contribution in [0.15, 0.2) is 11.1 Å². The van der Waals surface area contributed by atoms with Gasteiger partial charge in [-0.3, -0.25) is 0 Å². The molecule has 0 spiro atoms. The van der Waals surface area contributed by atoms with Gasteiger partial charge in [0.15, 0.2) is 0 Å². The van der Waals surface area contributed by atoms with E-state index in [1.165, 1.54) is 19.1 Å². The van der Waals surface area contributed by atoms with Crippen LogP contribution in [0.4, 0.5) is 4.79 Å². The van der Waals surface area contributed by atoms with Crippen LogP contribution in [0.1, 0.15) is 102 Å². The van der Waals surface area contributed by atoms with E-state index in [0.29, 0.717) is 53.3 Å². The van der Waals surface area contributed by atoms with Gasteiger partial charge < -0.3 is 15.2 Å². The average Bonchev–Trinajstić information content (AvgIpc) is 2.79. The summed E-state index contributed by atoms with van der Waals surface area (Å²) in [7, 11) is 1.37. The molecule has 0 aliphatic heterocycles. The van der Waals surface area contributed by atoms with E-state index in [-0.39, 0.29) is 16.9 Å². The number of ether oxygens (including phenoxy) is 1. The molecule has 208 valence electrons. The van der Waals surface area contributed by atoms with Gasteiger partial charge in [-0.2, -0.15) is 0 Å². The van der Waals surface area contributed by atoms with Crippen LogP contribution >= 0.6 is 0 Å². The van der Waals surface area contributed by atoms with E-state index in [4.69, 9.17) is 4.74 Å². The van der Waals surface area contributed by atoms with Crippen LogP contribution in [-0.4, -0.2) is 30.5 Å².